The number of hydrogen-bond donors (Lipinski definition) is 1. The number of halogens is 9. The summed E-state index contributed by atoms with van der Waals surface area (Å²) in [7, 11) is 0.698. The van der Waals surface area contributed by atoms with Gasteiger partial charge < -0.3 is 14.6 Å². The molecule has 0 aromatic heterocycles. The number of benzene rings is 2. The van der Waals surface area contributed by atoms with Gasteiger partial charge in [-0.3, -0.25) is 4.90 Å². The van der Waals surface area contributed by atoms with Gasteiger partial charge in [0.1, 0.15) is 0 Å². The van der Waals surface area contributed by atoms with Crippen molar-refractivity contribution in [2.24, 2.45) is 0 Å². The molecule has 226 valence electrons. The van der Waals surface area contributed by atoms with Gasteiger partial charge in [0.2, 0.25) is 0 Å². The van der Waals surface area contributed by atoms with Gasteiger partial charge in [-0.05, 0) is 67.3 Å². The Hall–Kier alpha value is -3.49. The van der Waals surface area contributed by atoms with Crippen LogP contribution in [0.25, 0.3) is 0 Å². The number of aliphatic hydroxyl groups is 1. The fourth-order valence-corrected chi connectivity index (χ4v) is 4.91. The van der Waals surface area contributed by atoms with E-state index < -0.39 is 82.4 Å². The Morgan fingerprint density at radius 2 is 1.37 bits per heavy atom. The van der Waals surface area contributed by atoms with E-state index in [1.165, 1.54) is 13.8 Å². The van der Waals surface area contributed by atoms with E-state index in [-0.39, 0.29) is 36.9 Å². The Kier molecular flexibility index (Phi) is 8.64. The van der Waals surface area contributed by atoms with Gasteiger partial charge in [-0.2, -0.15) is 39.5 Å². The molecular formula is C26H24F9NO5. The van der Waals surface area contributed by atoms with Crippen LogP contribution >= 0.6 is 0 Å². The van der Waals surface area contributed by atoms with E-state index in [0.29, 0.717) is 19.2 Å². The highest BCUT2D eigenvalue weighted by Crippen LogP contribution is 2.52. The molecule has 2 aromatic rings. The lowest BCUT2D eigenvalue weighted by molar-refractivity contribution is -0.168. The van der Waals surface area contributed by atoms with Crippen molar-refractivity contribution in [2.75, 3.05) is 18.6 Å². The molecule has 3 atom stereocenters. The SMILES string of the molecule is CCOC(=O)N1c2ccc(C(F)(F)F)cc2[C@@H]([C@](O)(C(=O)OC)c2cc(C(F)(F)F)cc(C(F)(F)F)c2)C[C@@H]1CC. The van der Waals surface area contributed by atoms with Crippen molar-refractivity contribution in [3.05, 3.63) is 64.2 Å². The minimum absolute atomic E-state index is 0.0451. The minimum atomic E-state index is -5.37. The molecule has 0 saturated carbocycles. The van der Waals surface area contributed by atoms with Crippen molar-refractivity contribution in [1.29, 1.82) is 0 Å². The molecule has 1 heterocycles. The molecule has 0 unspecified atom stereocenters. The fraction of sp³-hybridized carbons (Fsp3) is 0.462. The molecule has 0 bridgehead atoms. The molecule has 1 N–H and O–H groups in total. The van der Waals surface area contributed by atoms with E-state index in [1.807, 2.05) is 0 Å². The molecule has 15 heteroatoms. The molecule has 1 amide bonds. The standard InChI is InChI=1S/C26H24F9NO5/c1-4-17-12-19(18-11-13(24(27,28)29)6-7-20(18)36(17)22(38)41-5-2)23(39,21(37)40-3)14-8-15(25(30,31)32)10-16(9-14)26(33,34)35/h6-11,17,19,39H,4-5,12H2,1-3H3/t17-,19-,23-/m0/s1. The predicted molar refractivity (Wildman–Crippen MR) is 125 cm³/mol. The third-order valence-corrected chi connectivity index (χ3v) is 6.83. The second-order valence-electron chi connectivity index (χ2n) is 9.24. The van der Waals surface area contributed by atoms with E-state index in [0.717, 1.165) is 11.0 Å². The first-order chi connectivity index (χ1) is 18.8. The summed E-state index contributed by atoms with van der Waals surface area (Å²) >= 11 is 0. The highest BCUT2D eigenvalue weighted by Gasteiger charge is 2.54. The molecule has 6 nitrogen and oxygen atoms in total. The van der Waals surface area contributed by atoms with Crippen LogP contribution in [0.2, 0.25) is 0 Å². The first kappa shape index (κ1) is 32.0. The van der Waals surface area contributed by atoms with E-state index >= 15 is 0 Å². The average molecular weight is 601 g/mol. The lowest BCUT2D eigenvalue weighted by atomic mass is 9.70. The topological polar surface area (TPSA) is 76.1 Å². The molecule has 1 aliphatic heterocycles. The van der Waals surface area contributed by atoms with Gasteiger partial charge in [0.25, 0.3) is 0 Å². The Bertz CT molecular complexity index is 1270. The molecule has 1 aliphatic rings. The monoisotopic (exact) mass is 601 g/mol. The average Bonchev–Trinajstić information content (AvgIpc) is 2.89. The normalized spacial score (nSPS) is 19.3. The molecule has 0 fully saturated rings. The summed E-state index contributed by atoms with van der Waals surface area (Å²) in [5.74, 6) is -3.62. The van der Waals surface area contributed by atoms with Crippen LogP contribution in [0.1, 0.15) is 60.4 Å². The van der Waals surface area contributed by atoms with Crippen molar-refractivity contribution in [3.63, 3.8) is 0 Å². The van der Waals surface area contributed by atoms with Crippen LogP contribution in [-0.2, 0) is 38.4 Å². The van der Waals surface area contributed by atoms with Gasteiger partial charge >= 0.3 is 30.6 Å². The van der Waals surface area contributed by atoms with Crippen LogP contribution in [0.15, 0.2) is 36.4 Å². The van der Waals surface area contributed by atoms with Crippen molar-refractivity contribution >= 4 is 17.7 Å². The number of esters is 1. The first-order valence-corrected chi connectivity index (χ1v) is 12.1. The van der Waals surface area contributed by atoms with E-state index in [2.05, 4.69) is 4.74 Å². The molecule has 0 saturated heterocycles. The fourth-order valence-electron chi connectivity index (χ4n) is 4.91. The molecular weight excluding hydrogens is 577 g/mol. The summed E-state index contributed by atoms with van der Waals surface area (Å²) in [5, 5.41) is 11.8. The molecule has 2 aromatic carbocycles. The minimum Gasteiger partial charge on any atom is -0.467 e. The number of rotatable bonds is 5. The Labute approximate surface area is 227 Å². The van der Waals surface area contributed by atoms with E-state index in [4.69, 9.17) is 4.74 Å². The summed E-state index contributed by atoms with van der Waals surface area (Å²) in [4.78, 5) is 26.9. The number of nitrogens with zero attached hydrogens (tertiary/aromatic N) is 1. The molecule has 0 radical (unpaired) electrons. The predicted octanol–water partition coefficient (Wildman–Crippen LogP) is 7.03. The summed E-state index contributed by atoms with van der Waals surface area (Å²) in [6.07, 6.45) is -17.2. The second kappa shape index (κ2) is 11.1. The van der Waals surface area contributed by atoms with Crippen molar-refractivity contribution < 1.29 is 63.7 Å². The number of carbonyl (C=O) groups excluding carboxylic acids is 2. The smallest absolute Gasteiger partial charge is 0.416 e. The zero-order valence-electron chi connectivity index (χ0n) is 21.7. The summed E-state index contributed by atoms with van der Waals surface area (Å²) in [5.41, 5.74) is -10.5. The summed E-state index contributed by atoms with van der Waals surface area (Å²) in [6, 6.07) is 0.917. The maximum absolute atomic E-state index is 13.7. The van der Waals surface area contributed by atoms with Gasteiger partial charge in [0.15, 0.2) is 5.60 Å². The van der Waals surface area contributed by atoms with Crippen molar-refractivity contribution in [3.8, 4) is 0 Å². The van der Waals surface area contributed by atoms with Crippen molar-refractivity contribution in [2.45, 2.75) is 62.8 Å². The first-order valence-electron chi connectivity index (χ1n) is 12.1. The number of alkyl halides is 9. The van der Waals surface area contributed by atoms with Crippen LogP contribution in [0, 0.1) is 0 Å². The van der Waals surface area contributed by atoms with Crippen LogP contribution in [0.4, 0.5) is 50.0 Å². The number of hydrogen-bond acceptors (Lipinski definition) is 5. The van der Waals surface area contributed by atoms with E-state index in [1.54, 1.807) is 0 Å². The number of ether oxygens (including phenoxy) is 2. The molecule has 0 aliphatic carbocycles. The van der Waals surface area contributed by atoms with Crippen LogP contribution in [0.5, 0.6) is 0 Å². The third-order valence-electron chi connectivity index (χ3n) is 6.83. The Balaban J connectivity index is 2.43. The second-order valence-corrected chi connectivity index (χ2v) is 9.24. The quantitative estimate of drug-likeness (QED) is 0.294. The van der Waals surface area contributed by atoms with Gasteiger partial charge in [-0.1, -0.05) is 6.92 Å². The number of anilines is 1. The summed E-state index contributed by atoms with van der Waals surface area (Å²) in [6.45, 7) is 2.86. The highest BCUT2D eigenvalue weighted by molar-refractivity contribution is 5.92. The third kappa shape index (κ3) is 6.09. The lowest BCUT2D eigenvalue weighted by Gasteiger charge is -2.45. The number of methoxy groups -OCH3 is 1. The molecule has 41 heavy (non-hydrogen) atoms. The summed E-state index contributed by atoms with van der Waals surface area (Å²) < 4.78 is 133. The van der Waals surface area contributed by atoms with Gasteiger partial charge in [0, 0.05) is 12.0 Å². The van der Waals surface area contributed by atoms with Crippen LogP contribution in [0.3, 0.4) is 0 Å². The Morgan fingerprint density at radius 3 is 1.80 bits per heavy atom. The van der Waals surface area contributed by atoms with Gasteiger partial charge in [-0.25, -0.2) is 9.59 Å². The molecule has 3 rings (SSSR count). The highest BCUT2D eigenvalue weighted by atomic mass is 19.4. The number of fused-ring (bicyclic) bond motifs is 1. The number of amides is 1. The van der Waals surface area contributed by atoms with Gasteiger partial charge in [0.05, 0.1) is 36.1 Å². The Morgan fingerprint density at radius 1 is 0.854 bits per heavy atom. The van der Waals surface area contributed by atoms with Crippen LogP contribution < -0.4 is 4.90 Å². The lowest BCUT2D eigenvalue weighted by Crippen LogP contribution is -2.51. The van der Waals surface area contributed by atoms with Gasteiger partial charge in [-0.15, -0.1) is 0 Å². The maximum Gasteiger partial charge on any atom is 0.416 e. The van der Waals surface area contributed by atoms with Crippen LogP contribution in [-0.4, -0.2) is 36.9 Å². The zero-order valence-corrected chi connectivity index (χ0v) is 21.7. The van der Waals surface area contributed by atoms with E-state index in [9.17, 15) is 54.2 Å². The maximum atomic E-state index is 13.7. The zero-order chi connectivity index (χ0) is 31.1. The molecule has 0 spiro atoms. The largest absolute Gasteiger partial charge is 0.467 e. The number of carbonyl (C=O) groups is 2. The van der Waals surface area contributed by atoms with Crippen molar-refractivity contribution in [1.82, 2.24) is 0 Å².